The summed E-state index contributed by atoms with van der Waals surface area (Å²) in [6.07, 6.45) is 5.44. The van der Waals surface area contributed by atoms with Crippen molar-refractivity contribution in [3.8, 4) is 5.75 Å². The number of nitrogens with zero attached hydrogens (tertiary/aromatic N) is 1. The van der Waals surface area contributed by atoms with E-state index in [2.05, 4.69) is 48.5 Å². The van der Waals surface area contributed by atoms with Crippen LogP contribution in [0.5, 0.6) is 5.75 Å². The Kier molecular flexibility index (Phi) is 4.51. The normalized spacial score (nSPS) is 30.3. The maximum atomic E-state index is 5.29. The zero-order valence-corrected chi connectivity index (χ0v) is 13.5. The van der Waals surface area contributed by atoms with E-state index in [4.69, 9.17) is 4.74 Å². The minimum absolute atomic E-state index is 0.484. The fourth-order valence-electron chi connectivity index (χ4n) is 4.31. The standard InChI is InChI=1S/C18H28N2O/c1-4-19-18(13-5-9-17(21-3)10-6-13)14-11-15-7-8-16(12-14)20(15)2/h5-6,9-10,14-16,18-19H,4,7-8,11-12H2,1-3H3. The number of piperidine rings is 1. The topological polar surface area (TPSA) is 24.5 Å². The molecule has 3 nitrogen and oxygen atoms in total. The minimum Gasteiger partial charge on any atom is -0.497 e. The first-order valence-corrected chi connectivity index (χ1v) is 8.32. The van der Waals surface area contributed by atoms with Gasteiger partial charge in [0.25, 0.3) is 0 Å². The molecular formula is C18H28N2O. The molecule has 3 rings (SSSR count). The first kappa shape index (κ1) is 14.9. The molecule has 1 aromatic rings. The maximum absolute atomic E-state index is 5.29. The maximum Gasteiger partial charge on any atom is 0.118 e. The molecule has 1 N–H and O–H groups in total. The van der Waals surface area contributed by atoms with Crippen molar-refractivity contribution in [2.45, 2.75) is 50.7 Å². The third-order valence-corrected chi connectivity index (χ3v) is 5.51. The predicted octanol–water partition coefficient (Wildman–Crippen LogP) is 3.22. The van der Waals surface area contributed by atoms with Crippen molar-refractivity contribution < 1.29 is 4.74 Å². The second-order valence-corrected chi connectivity index (χ2v) is 6.59. The number of methoxy groups -OCH3 is 1. The van der Waals surface area contributed by atoms with Gasteiger partial charge in [-0.25, -0.2) is 0 Å². The number of nitrogens with one attached hydrogen (secondary N) is 1. The van der Waals surface area contributed by atoms with Crippen LogP contribution < -0.4 is 10.1 Å². The molecule has 2 bridgehead atoms. The van der Waals surface area contributed by atoms with E-state index in [9.17, 15) is 0 Å². The molecule has 0 radical (unpaired) electrons. The lowest BCUT2D eigenvalue weighted by atomic mass is 9.82. The Balaban J connectivity index is 1.77. The minimum atomic E-state index is 0.484. The molecule has 2 fully saturated rings. The van der Waals surface area contributed by atoms with E-state index in [0.29, 0.717) is 6.04 Å². The van der Waals surface area contributed by atoms with Gasteiger partial charge in [0.2, 0.25) is 0 Å². The summed E-state index contributed by atoms with van der Waals surface area (Å²) < 4.78 is 5.29. The third kappa shape index (κ3) is 2.95. The molecule has 2 aliphatic heterocycles. The van der Waals surface area contributed by atoms with Gasteiger partial charge in [0.05, 0.1) is 7.11 Å². The van der Waals surface area contributed by atoms with E-state index in [1.54, 1.807) is 7.11 Å². The zero-order chi connectivity index (χ0) is 14.8. The highest BCUT2D eigenvalue weighted by Gasteiger charge is 2.41. The highest BCUT2D eigenvalue weighted by molar-refractivity contribution is 5.29. The van der Waals surface area contributed by atoms with Crippen LogP contribution in [-0.4, -0.2) is 37.7 Å². The van der Waals surface area contributed by atoms with Crippen molar-refractivity contribution in [3.05, 3.63) is 29.8 Å². The molecule has 0 saturated carbocycles. The molecule has 0 spiro atoms. The molecule has 1 aromatic carbocycles. The van der Waals surface area contributed by atoms with Crippen molar-refractivity contribution >= 4 is 0 Å². The summed E-state index contributed by atoms with van der Waals surface area (Å²) in [5.41, 5.74) is 1.41. The van der Waals surface area contributed by atoms with E-state index in [-0.39, 0.29) is 0 Å². The van der Waals surface area contributed by atoms with E-state index in [1.165, 1.54) is 31.2 Å². The van der Waals surface area contributed by atoms with E-state index >= 15 is 0 Å². The number of rotatable bonds is 5. The fraction of sp³-hybridized carbons (Fsp3) is 0.667. The highest BCUT2D eigenvalue weighted by Crippen LogP contribution is 2.42. The van der Waals surface area contributed by atoms with Crippen LogP contribution in [0.25, 0.3) is 0 Å². The SMILES string of the molecule is CCNC(c1ccc(OC)cc1)C1CC2CCC(C1)N2C. The van der Waals surface area contributed by atoms with Gasteiger partial charge in [0, 0.05) is 18.1 Å². The molecule has 0 amide bonds. The first-order chi connectivity index (χ1) is 10.2. The molecule has 3 atom stereocenters. The van der Waals surface area contributed by atoms with E-state index in [1.807, 2.05) is 0 Å². The largest absolute Gasteiger partial charge is 0.497 e. The molecule has 3 heteroatoms. The van der Waals surface area contributed by atoms with E-state index < -0.39 is 0 Å². The van der Waals surface area contributed by atoms with Gasteiger partial charge in [-0.1, -0.05) is 19.1 Å². The molecule has 2 heterocycles. The van der Waals surface area contributed by atoms with Gasteiger partial charge in [-0.3, -0.25) is 0 Å². The average Bonchev–Trinajstić information content (AvgIpc) is 2.74. The summed E-state index contributed by atoms with van der Waals surface area (Å²) in [5.74, 6) is 1.70. The molecule has 2 aliphatic rings. The van der Waals surface area contributed by atoms with Crippen molar-refractivity contribution in [3.63, 3.8) is 0 Å². The lowest BCUT2D eigenvalue weighted by molar-refractivity contribution is 0.113. The molecule has 0 aliphatic carbocycles. The summed E-state index contributed by atoms with van der Waals surface area (Å²) in [4.78, 5) is 2.62. The third-order valence-electron chi connectivity index (χ3n) is 5.51. The second kappa shape index (κ2) is 6.37. The van der Waals surface area contributed by atoms with Crippen LogP contribution in [0, 0.1) is 5.92 Å². The Morgan fingerprint density at radius 1 is 1.19 bits per heavy atom. The molecule has 3 unspecified atom stereocenters. The van der Waals surface area contributed by atoms with Gasteiger partial charge >= 0.3 is 0 Å². The smallest absolute Gasteiger partial charge is 0.118 e. The molecule has 116 valence electrons. The Morgan fingerprint density at radius 2 is 1.81 bits per heavy atom. The quantitative estimate of drug-likeness (QED) is 0.900. The molecule has 2 saturated heterocycles. The van der Waals surface area contributed by atoms with Crippen LogP contribution in [0.4, 0.5) is 0 Å². The van der Waals surface area contributed by atoms with E-state index in [0.717, 1.165) is 30.3 Å². The van der Waals surface area contributed by atoms with Crippen LogP contribution in [0.3, 0.4) is 0 Å². The van der Waals surface area contributed by atoms with Crippen molar-refractivity contribution in [2.75, 3.05) is 20.7 Å². The summed E-state index contributed by atoms with van der Waals surface area (Å²) in [5, 5.41) is 3.73. The highest BCUT2D eigenvalue weighted by atomic mass is 16.5. The van der Waals surface area contributed by atoms with Crippen LogP contribution >= 0.6 is 0 Å². The lowest BCUT2D eigenvalue weighted by Gasteiger charge is -2.40. The van der Waals surface area contributed by atoms with Crippen LogP contribution in [-0.2, 0) is 0 Å². The van der Waals surface area contributed by atoms with Crippen LogP contribution in [0.1, 0.15) is 44.2 Å². The molecule has 0 aromatic heterocycles. The predicted molar refractivity (Wildman–Crippen MR) is 86.7 cm³/mol. The van der Waals surface area contributed by atoms with Crippen molar-refractivity contribution in [1.29, 1.82) is 0 Å². The monoisotopic (exact) mass is 288 g/mol. The van der Waals surface area contributed by atoms with Gasteiger partial charge in [0.15, 0.2) is 0 Å². The molecular weight excluding hydrogens is 260 g/mol. The number of ether oxygens (including phenoxy) is 1. The van der Waals surface area contributed by atoms with Gasteiger partial charge in [0.1, 0.15) is 5.75 Å². The Morgan fingerprint density at radius 3 is 2.33 bits per heavy atom. The Hall–Kier alpha value is -1.06. The van der Waals surface area contributed by atoms with Crippen LogP contribution in [0.15, 0.2) is 24.3 Å². The average molecular weight is 288 g/mol. The Bertz CT molecular complexity index is 445. The number of hydrogen-bond donors (Lipinski definition) is 1. The van der Waals surface area contributed by atoms with Gasteiger partial charge in [-0.05, 0) is 62.9 Å². The number of hydrogen-bond acceptors (Lipinski definition) is 3. The Labute approximate surface area is 128 Å². The molecule has 21 heavy (non-hydrogen) atoms. The number of benzene rings is 1. The number of fused-ring (bicyclic) bond motifs is 2. The second-order valence-electron chi connectivity index (χ2n) is 6.59. The van der Waals surface area contributed by atoms with Gasteiger partial charge in [-0.15, -0.1) is 0 Å². The first-order valence-electron chi connectivity index (χ1n) is 8.32. The summed E-state index contributed by atoms with van der Waals surface area (Å²) >= 11 is 0. The summed E-state index contributed by atoms with van der Waals surface area (Å²) in [7, 11) is 4.04. The summed E-state index contributed by atoms with van der Waals surface area (Å²) in [6, 6.07) is 10.7. The van der Waals surface area contributed by atoms with Crippen molar-refractivity contribution in [2.24, 2.45) is 5.92 Å². The van der Waals surface area contributed by atoms with Crippen molar-refractivity contribution in [1.82, 2.24) is 10.2 Å². The van der Waals surface area contributed by atoms with Gasteiger partial charge < -0.3 is 15.0 Å². The van der Waals surface area contributed by atoms with Gasteiger partial charge in [-0.2, -0.15) is 0 Å². The lowest BCUT2D eigenvalue weighted by Crippen LogP contribution is -2.43. The fourth-order valence-corrected chi connectivity index (χ4v) is 4.31. The summed E-state index contributed by atoms with van der Waals surface area (Å²) in [6.45, 7) is 3.23. The zero-order valence-electron chi connectivity index (χ0n) is 13.5. The van der Waals surface area contributed by atoms with Crippen LogP contribution in [0.2, 0.25) is 0 Å².